The number of nitrogens with one attached hydrogen (secondary N) is 2. The number of aromatic nitrogens is 2. The number of pyridine rings is 1. The van der Waals surface area contributed by atoms with Gasteiger partial charge in [-0.1, -0.05) is 19.1 Å². The summed E-state index contributed by atoms with van der Waals surface area (Å²) in [6.07, 6.45) is 2.25. The Kier molecular flexibility index (Phi) is 4.89. The van der Waals surface area contributed by atoms with Crippen LogP contribution in [0.2, 0.25) is 0 Å². The molecule has 0 unspecified atom stereocenters. The lowest BCUT2D eigenvalue weighted by molar-refractivity contribution is 0.254. The molecule has 0 aliphatic heterocycles. The highest BCUT2D eigenvalue weighted by molar-refractivity contribution is 7.89. The fraction of sp³-hybridized carbons (Fsp3) is 0.278. The van der Waals surface area contributed by atoms with E-state index in [1.165, 1.54) is 0 Å². The number of hydrogen-bond acceptors (Lipinski definition) is 4. The Morgan fingerprint density at radius 2 is 1.96 bits per heavy atom. The van der Waals surface area contributed by atoms with E-state index >= 15 is 0 Å². The minimum absolute atomic E-state index is 0.179. The van der Waals surface area contributed by atoms with E-state index in [1.807, 2.05) is 26.0 Å². The van der Waals surface area contributed by atoms with Gasteiger partial charge in [0.2, 0.25) is 10.0 Å². The van der Waals surface area contributed by atoms with Gasteiger partial charge in [0.1, 0.15) is 5.65 Å². The van der Waals surface area contributed by atoms with Gasteiger partial charge in [0.15, 0.2) is 0 Å². The summed E-state index contributed by atoms with van der Waals surface area (Å²) in [5.41, 5.74) is 3.74. The summed E-state index contributed by atoms with van der Waals surface area (Å²) in [5, 5.41) is 10.2. The van der Waals surface area contributed by atoms with Gasteiger partial charge in [-0.25, -0.2) is 18.1 Å². The van der Waals surface area contributed by atoms with Crippen LogP contribution in [0.5, 0.6) is 0 Å². The summed E-state index contributed by atoms with van der Waals surface area (Å²) in [5.74, 6) is 0. The molecule has 2 aromatic heterocycles. The van der Waals surface area contributed by atoms with Gasteiger partial charge in [0.05, 0.1) is 11.5 Å². The molecule has 0 fully saturated rings. The van der Waals surface area contributed by atoms with Crippen LogP contribution < -0.4 is 4.72 Å². The maximum absolute atomic E-state index is 12.4. The molecule has 0 radical (unpaired) electrons. The Morgan fingerprint density at radius 3 is 2.60 bits per heavy atom. The lowest BCUT2D eigenvalue weighted by Gasteiger charge is -2.14. The van der Waals surface area contributed by atoms with Gasteiger partial charge >= 0.3 is 0 Å². The highest BCUT2D eigenvalue weighted by Gasteiger charge is 2.18. The third-order valence-electron chi connectivity index (χ3n) is 4.18. The van der Waals surface area contributed by atoms with Gasteiger partial charge in [0.25, 0.3) is 0 Å². The van der Waals surface area contributed by atoms with Crippen molar-refractivity contribution in [3.8, 4) is 11.1 Å². The van der Waals surface area contributed by atoms with Gasteiger partial charge in [0, 0.05) is 23.3 Å². The highest BCUT2D eigenvalue weighted by atomic mass is 32.2. The summed E-state index contributed by atoms with van der Waals surface area (Å²) < 4.78 is 27.3. The van der Waals surface area contributed by atoms with Gasteiger partial charge in [-0.15, -0.1) is 0 Å². The largest absolute Gasteiger partial charge is 0.395 e. The minimum atomic E-state index is -3.65. The maximum Gasteiger partial charge on any atom is 0.240 e. The zero-order valence-corrected chi connectivity index (χ0v) is 15.0. The molecule has 0 aliphatic carbocycles. The Balaban J connectivity index is 1.94. The van der Waals surface area contributed by atoms with Crippen molar-refractivity contribution in [2.24, 2.45) is 0 Å². The maximum atomic E-state index is 12.4. The fourth-order valence-corrected chi connectivity index (χ4v) is 4.07. The van der Waals surface area contributed by atoms with Crippen LogP contribution in [0.1, 0.15) is 19.0 Å². The van der Waals surface area contributed by atoms with Crippen molar-refractivity contribution in [2.75, 3.05) is 6.61 Å². The molecule has 0 saturated heterocycles. The van der Waals surface area contributed by atoms with Crippen molar-refractivity contribution in [3.05, 3.63) is 48.3 Å². The van der Waals surface area contributed by atoms with Crippen molar-refractivity contribution in [2.45, 2.75) is 31.2 Å². The molecule has 2 heterocycles. The van der Waals surface area contributed by atoms with Crippen molar-refractivity contribution >= 4 is 21.1 Å². The normalized spacial score (nSPS) is 13.2. The summed E-state index contributed by atoms with van der Waals surface area (Å²) in [4.78, 5) is 7.69. The summed E-state index contributed by atoms with van der Waals surface area (Å²) >= 11 is 0. The number of sulfonamides is 1. The molecule has 0 saturated carbocycles. The number of aliphatic hydroxyl groups excluding tert-OH is 1. The molecule has 3 aromatic rings. The third-order valence-corrected chi connectivity index (χ3v) is 5.71. The molecule has 0 spiro atoms. The Morgan fingerprint density at radius 1 is 1.24 bits per heavy atom. The number of nitrogens with zero attached hydrogens (tertiary/aromatic N) is 1. The number of aryl methyl sites for hydroxylation is 1. The SMILES string of the molecule is CC[C@@H](CO)NS(=O)(=O)c1ccc(-c2ccnc3[nH]c(C)cc23)cc1. The van der Waals surface area contributed by atoms with Gasteiger partial charge in [-0.2, -0.15) is 0 Å². The molecule has 3 rings (SSSR count). The van der Waals surface area contributed by atoms with Crippen molar-refractivity contribution in [1.82, 2.24) is 14.7 Å². The van der Waals surface area contributed by atoms with Crippen molar-refractivity contribution in [1.29, 1.82) is 0 Å². The lowest BCUT2D eigenvalue weighted by Crippen LogP contribution is -2.36. The van der Waals surface area contributed by atoms with E-state index in [1.54, 1.807) is 30.5 Å². The van der Waals surface area contributed by atoms with Crippen LogP contribution in [0.4, 0.5) is 0 Å². The molecule has 1 aromatic carbocycles. The zero-order chi connectivity index (χ0) is 18.0. The van der Waals surface area contributed by atoms with Crippen LogP contribution in [0.25, 0.3) is 22.2 Å². The Labute approximate surface area is 147 Å². The third kappa shape index (κ3) is 3.58. The van der Waals surface area contributed by atoms with Gasteiger partial charge < -0.3 is 10.1 Å². The molecule has 132 valence electrons. The number of H-pyrrole nitrogens is 1. The number of fused-ring (bicyclic) bond motifs is 1. The highest BCUT2D eigenvalue weighted by Crippen LogP contribution is 2.28. The van der Waals surface area contributed by atoms with Crippen LogP contribution >= 0.6 is 0 Å². The molecule has 0 bridgehead atoms. The number of aliphatic hydroxyl groups is 1. The molecule has 6 nitrogen and oxygen atoms in total. The van der Waals surface area contributed by atoms with Crippen molar-refractivity contribution < 1.29 is 13.5 Å². The predicted molar refractivity (Wildman–Crippen MR) is 97.8 cm³/mol. The number of aromatic amines is 1. The van der Waals surface area contributed by atoms with Crippen LogP contribution in [0.3, 0.4) is 0 Å². The average Bonchev–Trinajstić information content (AvgIpc) is 3.00. The van der Waals surface area contributed by atoms with E-state index in [0.29, 0.717) is 6.42 Å². The van der Waals surface area contributed by atoms with Crippen LogP contribution in [0.15, 0.2) is 47.5 Å². The molecular weight excluding hydrogens is 338 g/mol. The molecule has 25 heavy (non-hydrogen) atoms. The molecule has 3 N–H and O–H groups in total. The fourth-order valence-electron chi connectivity index (χ4n) is 2.76. The van der Waals surface area contributed by atoms with Gasteiger partial charge in [-0.05, 0) is 48.7 Å². The second-order valence-electron chi connectivity index (χ2n) is 6.01. The number of rotatable bonds is 6. The quantitative estimate of drug-likeness (QED) is 0.630. The molecule has 0 aliphatic rings. The minimum Gasteiger partial charge on any atom is -0.395 e. The van der Waals surface area contributed by atoms with E-state index in [9.17, 15) is 13.5 Å². The average molecular weight is 359 g/mol. The second-order valence-corrected chi connectivity index (χ2v) is 7.72. The topological polar surface area (TPSA) is 95.1 Å². The van der Waals surface area contributed by atoms with Gasteiger partial charge in [-0.3, -0.25) is 0 Å². The second kappa shape index (κ2) is 6.95. The summed E-state index contributed by atoms with van der Waals surface area (Å²) in [6.45, 7) is 3.56. The summed E-state index contributed by atoms with van der Waals surface area (Å²) in [6, 6.07) is 10.2. The smallest absolute Gasteiger partial charge is 0.240 e. The van der Waals surface area contributed by atoms with E-state index in [2.05, 4.69) is 14.7 Å². The van der Waals surface area contributed by atoms with E-state index in [4.69, 9.17) is 0 Å². The van der Waals surface area contributed by atoms with E-state index < -0.39 is 16.1 Å². The van der Waals surface area contributed by atoms with Crippen molar-refractivity contribution in [3.63, 3.8) is 0 Å². The number of hydrogen-bond donors (Lipinski definition) is 3. The Bertz CT molecular complexity index is 974. The molecule has 0 amide bonds. The predicted octanol–water partition coefficient (Wildman–Crippen LogP) is 2.59. The first-order valence-corrected chi connectivity index (χ1v) is 9.61. The first kappa shape index (κ1) is 17.6. The van der Waals surface area contributed by atoms with Crippen LogP contribution in [-0.4, -0.2) is 36.1 Å². The standard InChI is InChI=1S/C18H21N3O3S/c1-3-14(11-22)21-25(23,24)15-6-4-13(5-7-15)16-8-9-19-18-17(16)10-12(2)20-18/h4-10,14,21-22H,3,11H2,1-2H3,(H,19,20)/t14-/m0/s1. The van der Waals surface area contributed by atoms with Crippen LogP contribution in [0, 0.1) is 6.92 Å². The Hall–Kier alpha value is -2.22. The molecule has 1 atom stereocenters. The monoisotopic (exact) mass is 359 g/mol. The number of benzene rings is 1. The van der Waals surface area contributed by atoms with E-state index in [0.717, 1.165) is 27.9 Å². The van der Waals surface area contributed by atoms with Crippen LogP contribution in [-0.2, 0) is 10.0 Å². The first-order chi connectivity index (χ1) is 11.9. The van der Waals surface area contributed by atoms with E-state index in [-0.39, 0.29) is 11.5 Å². The molecule has 7 heteroatoms. The summed E-state index contributed by atoms with van der Waals surface area (Å²) in [7, 11) is -3.65. The first-order valence-electron chi connectivity index (χ1n) is 8.12. The molecular formula is C18H21N3O3S. The zero-order valence-electron chi connectivity index (χ0n) is 14.2. The lowest BCUT2D eigenvalue weighted by atomic mass is 10.0.